The summed E-state index contributed by atoms with van der Waals surface area (Å²) in [7, 11) is 1.66. The summed E-state index contributed by atoms with van der Waals surface area (Å²) < 4.78 is 5.97. The maximum Gasteiger partial charge on any atom is 0.317 e. The summed E-state index contributed by atoms with van der Waals surface area (Å²) in [5, 5.41) is 34.4. The van der Waals surface area contributed by atoms with Crippen LogP contribution in [0.4, 0.5) is 0 Å². The monoisotopic (exact) mass is 786 g/mol. The topological polar surface area (TPSA) is 213 Å². The molecule has 0 aliphatic carbocycles. The van der Waals surface area contributed by atoms with Crippen LogP contribution < -0.4 is 10.6 Å². The van der Waals surface area contributed by atoms with Crippen molar-refractivity contribution in [2.24, 2.45) is 5.92 Å². The van der Waals surface area contributed by atoms with Crippen LogP contribution in [0.25, 0.3) is 0 Å². The molecule has 17 heteroatoms. The summed E-state index contributed by atoms with van der Waals surface area (Å²) in [6.07, 6.45) is 3.18. The number of hydrogen-bond donors (Lipinski definition) is 5. The number of likely N-dealkylation sites (tertiary alicyclic amines) is 1. The van der Waals surface area contributed by atoms with Crippen molar-refractivity contribution in [1.29, 1.82) is 0 Å². The first-order chi connectivity index (χ1) is 25.8. The predicted molar refractivity (Wildman–Crippen MR) is 209 cm³/mol. The zero-order valence-electron chi connectivity index (χ0n) is 34.7. The van der Waals surface area contributed by atoms with Crippen molar-refractivity contribution in [2.75, 3.05) is 98.7 Å². The lowest BCUT2D eigenvalue weighted by molar-refractivity contribution is -0.142. The molecule has 318 valence electrons. The molecule has 17 nitrogen and oxygen atoms in total. The lowest BCUT2D eigenvalue weighted by Crippen LogP contribution is -2.59. The van der Waals surface area contributed by atoms with Crippen molar-refractivity contribution in [2.45, 2.75) is 104 Å². The molecule has 2 heterocycles. The maximum absolute atomic E-state index is 13.4. The lowest BCUT2D eigenvalue weighted by atomic mass is 9.88. The Bertz CT molecular complexity index is 1210. The van der Waals surface area contributed by atoms with E-state index in [2.05, 4.69) is 24.5 Å². The van der Waals surface area contributed by atoms with E-state index in [9.17, 15) is 44.1 Å². The normalized spacial score (nSPS) is 17.8. The van der Waals surface area contributed by atoms with Gasteiger partial charge >= 0.3 is 17.9 Å². The number of nitrogens with zero attached hydrogens (tertiary/aromatic N) is 5. The fraction of sp³-hybridized carbons (Fsp3) is 0.842. The largest absolute Gasteiger partial charge is 0.480 e. The first kappa shape index (κ1) is 49.6. The van der Waals surface area contributed by atoms with Crippen LogP contribution in [0, 0.1) is 5.92 Å². The molecule has 0 spiro atoms. The number of nitrogens with one attached hydrogen (secondary N) is 2. The van der Waals surface area contributed by atoms with Gasteiger partial charge in [0.2, 0.25) is 17.7 Å². The summed E-state index contributed by atoms with van der Waals surface area (Å²) in [5.74, 6) is -3.11. The van der Waals surface area contributed by atoms with Crippen LogP contribution in [0.1, 0.15) is 87.0 Å². The Kier molecular flexibility index (Phi) is 22.6. The highest BCUT2D eigenvalue weighted by atomic mass is 16.5. The van der Waals surface area contributed by atoms with Crippen LogP contribution in [-0.4, -0.2) is 191 Å². The molecule has 2 saturated heterocycles. The molecule has 0 aromatic rings. The van der Waals surface area contributed by atoms with Gasteiger partial charge in [0, 0.05) is 77.0 Å². The number of hydrogen-bond acceptors (Lipinski definition) is 11. The van der Waals surface area contributed by atoms with Crippen molar-refractivity contribution in [3.63, 3.8) is 0 Å². The number of likely N-dealkylation sites (N-methyl/N-ethyl adjacent to an activating group) is 2. The first-order valence-electron chi connectivity index (χ1n) is 19.8. The predicted octanol–water partition coefficient (Wildman–Crippen LogP) is 1.11. The smallest absolute Gasteiger partial charge is 0.317 e. The third-order valence-corrected chi connectivity index (χ3v) is 9.95. The number of amides is 3. The third-order valence-electron chi connectivity index (χ3n) is 9.95. The van der Waals surface area contributed by atoms with Crippen LogP contribution in [0.3, 0.4) is 0 Å². The fourth-order valence-corrected chi connectivity index (χ4v) is 7.02. The van der Waals surface area contributed by atoms with Gasteiger partial charge in [0.25, 0.3) is 0 Å². The van der Waals surface area contributed by atoms with Gasteiger partial charge in [-0.1, -0.05) is 34.1 Å². The van der Waals surface area contributed by atoms with Gasteiger partial charge in [-0.05, 0) is 59.4 Å². The first-order valence-corrected chi connectivity index (χ1v) is 19.8. The zero-order valence-corrected chi connectivity index (χ0v) is 34.7. The van der Waals surface area contributed by atoms with Gasteiger partial charge in [-0.25, -0.2) is 0 Å². The van der Waals surface area contributed by atoms with E-state index in [4.69, 9.17) is 4.74 Å². The van der Waals surface area contributed by atoms with Gasteiger partial charge in [-0.2, -0.15) is 0 Å². The van der Waals surface area contributed by atoms with Gasteiger partial charge in [-0.15, -0.1) is 0 Å². The van der Waals surface area contributed by atoms with E-state index in [1.807, 2.05) is 39.5 Å². The Labute approximate surface area is 328 Å². The van der Waals surface area contributed by atoms with Crippen molar-refractivity contribution in [3.05, 3.63) is 0 Å². The standard InChI is InChI=1S/C36H65N7O10.C2H6/c1-7-37-29(44)19-43(20-30(45)38-24-35(4,5)53-17-12-27(2)3)28-11-14-42(18-28)31(46)10-8-9-13-36(39(6)21-32(47)48)25-40(22-33(49)50)15-16-41(26-36)23-34(51)52;1-2/h27-28H,7-26H2,1-6H3,(H,37,44)(H,38,45)(H,47,48)(H,49,50)(H,51,52);1-2H3. The number of unbranched alkanes of at least 4 members (excludes halogenated alkanes) is 1. The number of carbonyl (C=O) groups is 6. The Morgan fingerprint density at radius 1 is 0.855 bits per heavy atom. The molecule has 2 aliphatic rings. The van der Waals surface area contributed by atoms with E-state index in [0.717, 1.165) is 6.42 Å². The molecule has 0 bridgehead atoms. The zero-order chi connectivity index (χ0) is 41.8. The minimum atomic E-state index is -1.06. The second kappa shape index (κ2) is 25.0. The maximum atomic E-state index is 13.4. The number of carboxylic acids is 3. The molecule has 0 saturated carbocycles. The summed E-state index contributed by atoms with van der Waals surface area (Å²) in [6, 6.07) is -0.193. The molecule has 3 amide bonds. The summed E-state index contributed by atoms with van der Waals surface area (Å²) in [6.45, 7) is 16.4. The Hall–Kier alpha value is -3.38. The van der Waals surface area contributed by atoms with E-state index in [1.165, 1.54) is 0 Å². The molecule has 2 aliphatic heterocycles. The Balaban J connectivity index is 0.00000743. The van der Waals surface area contributed by atoms with Gasteiger partial charge in [0.05, 0.1) is 38.3 Å². The number of rotatable bonds is 24. The van der Waals surface area contributed by atoms with Crippen LogP contribution in [0.5, 0.6) is 0 Å². The molecule has 2 rings (SSSR count). The van der Waals surface area contributed by atoms with Gasteiger partial charge in [0.1, 0.15) is 0 Å². The third kappa shape index (κ3) is 19.4. The van der Waals surface area contributed by atoms with Crippen molar-refractivity contribution >= 4 is 35.6 Å². The molecule has 0 radical (unpaired) electrons. The molecule has 2 fully saturated rings. The van der Waals surface area contributed by atoms with Gasteiger partial charge in [-0.3, -0.25) is 48.4 Å². The summed E-state index contributed by atoms with van der Waals surface area (Å²) in [5.41, 5.74) is -1.42. The molecule has 1 unspecified atom stereocenters. The Morgan fingerprint density at radius 3 is 1.93 bits per heavy atom. The summed E-state index contributed by atoms with van der Waals surface area (Å²) >= 11 is 0. The minimum absolute atomic E-state index is 0.00432. The highest BCUT2D eigenvalue weighted by Gasteiger charge is 2.41. The molecule has 1 atom stereocenters. The van der Waals surface area contributed by atoms with Crippen molar-refractivity contribution < 1.29 is 48.8 Å². The van der Waals surface area contributed by atoms with E-state index < -0.39 is 29.0 Å². The van der Waals surface area contributed by atoms with E-state index in [0.29, 0.717) is 77.5 Å². The summed E-state index contributed by atoms with van der Waals surface area (Å²) in [4.78, 5) is 82.8. The number of aliphatic carboxylic acids is 3. The molecular weight excluding hydrogens is 714 g/mol. The average molecular weight is 786 g/mol. The van der Waals surface area contributed by atoms with Crippen molar-refractivity contribution in [3.8, 4) is 0 Å². The van der Waals surface area contributed by atoms with Crippen LogP contribution in [-0.2, 0) is 33.5 Å². The average Bonchev–Trinajstić information content (AvgIpc) is 3.51. The van der Waals surface area contributed by atoms with E-state index in [-0.39, 0.29) is 76.0 Å². The minimum Gasteiger partial charge on any atom is -0.480 e. The molecule has 55 heavy (non-hydrogen) atoms. The van der Waals surface area contributed by atoms with Gasteiger partial charge < -0.3 is 35.6 Å². The molecule has 0 aromatic heterocycles. The van der Waals surface area contributed by atoms with Gasteiger partial charge in [0.15, 0.2) is 0 Å². The number of carboxylic acid groups (broad SMARTS) is 3. The quantitative estimate of drug-likeness (QED) is 0.0869. The molecule has 0 aromatic carbocycles. The SMILES string of the molecule is CC.CCNC(=O)CN(CC(=O)NCC(C)(C)OCCC(C)C)C1CCN(C(=O)CCCCC2(N(C)CC(=O)O)CN(CC(=O)O)CCN(CC(=O)O)C2)C1. The lowest BCUT2D eigenvalue weighted by Gasteiger charge is -2.44. The number of carbonyl (C=O) groups excluding carboxylic acids is 3. The van der Waals surface area contributed by atoms with Crippen molar-refractivity contribution in [1.82, 2.24) is 35.1 Å². The Morgan fingerprint density at radius 2 is 1.42 bits per heavy atom. The fourth-order valence-electron chi connectivity index (χ4n) is 7.02. The van der Waals surface area contributed by atoms with Crippen LogP contribution in [0.15, 0.2) is 0 Å². The molecular formula is C38H71N7O10. The van der Waals surface area contributed by atoms with Crippen LogP contribution >= 0.6 is 0 Å². The van der Waals surface area contributed by atoms with E-state index in [1.54, 1.807) is 26.6 Å². The van der Waals surface area contributed by atoms with Crippen LogP contribution in [0.2, 0.25) is 0 Å². The highest BCUT2D eigenvalue weighted by molar-refractivity contribution is 5.81. The second-order valence-electron chi connectivity index (χ2n) is 15.6. The number of ether oxygens (including phenoxy) is 1. The highest BCUT2D eigenvalue weighted by Crippen LogP contribution is 2.28. The second-order valence-corrected chi connectivity index (χ2v) is 15.6. The molecule has 5 N–H and O–H groups in total. The van der Waals surface area contributed by atoms with E-state index >= 15 is 0 Å².